The van der Waals surface area contributed by atoms with Crippen molar-refractivity contribution in [3.63, 3.8) is 0 Å². The molecule has 0 saturated carbocycles. The molecule has 0 aliphatic heterocycles. The maximum atomic E-state index is 8.87. The highest BCUT2D eigenvalue weighted by Gasteiger charge is 1.98. The highest BCUT2D eigenvalue weighted by atomic mass is 35.5. The van der Waals surface area contributed by atoms with Gasteiger partial charge < -0.3 is 5.32 Å². The van der Waals surface area contributed by atoms with Crippen LogP contribution in [0, 0.1) is 11.3 Å². The van der Waals surface area contributed by atoms with Crippen molar-refractivity contribution in [1.29, 1.82) is 5.26 Å². The van der Waals surface area contributed by atoms with Crippen LogP contribution in [0.15, 0.2) is 36.4 Å². The van der Waals surface area contributed by atoms with E-state index < -0.39 is 30.3 Å². The summed E-state index contributed by atoms with van der Waals surface area (Å²) in [7, 11) is 0. The first-order valence-electron chi connectivity index (χ1n) is 7.06. The van der Waals surface area contributed by atoms with Gasteiger partial charge in [0.25, 0.3) is 0 Å². The second-order valence-corrected chi connectivity index (χ2v) is 2.92. The van der Waals surface area contributed by atoms with Gasteiger partial charge in [0.2, 0.25) is 5.95 Å². The van der Waals surface area contributed by atoms with Crippen molar-refractivity contribution in [2.24, 2.45) is 0 Å². The van der Waals surface area contributed by atoms with Gasteiger partial charge in [-0.3, -0.25) is 0 Å². The summed E-state index contributed by atoms with van der Waals surface area (Å²) >= 11 is 5.67. The number of benzene rings is 1. The number of hydrogen-bond acceptors (Lipinski definition) is 4. The molecule has 2 rings (SSSR count). The molecule has 5 heteroatoms. The van der Waals surface area contributed by atoms with Gasteiger partial charge in [-0.25, -0.2) is 9.97 Å². The van der Waals surface area contributed by atoms with Gasteiger partial charge in [-0.2, -0.15) is 5.26 Å². The van der Waals surface area contributed by atoms with Crippen molar-refractivity contribution in [2.75, 3.05) is 5.32 Å². The normalized spacial score (nSPS) is 14.8. The summed E-state index contributed by atoms with van der Waals surface area (Å²) < 4.78 is 45.8. The van der Waals surface area contributed by atoms with Crippen LogP contribution in [0.4, 0.5) is 11.6 Å². The van der Waals surface area contributed by atoms with E-state index in [0.29, 0.717) is 0 Å². The van der Waals surface area contributed by atoms with Gasteiger partial charge >= 0.3 is 0 Å². The van der Waals surface area contributed by atoms with Crippen molar-refractivity contribution in [3.8, 4) is 6.07 Å². The zero-order valence-electron chi connectivity index (χ0n) is 13.7. The average Bonchev–Trinajstić information content (AvgIpc) is 2.47. The van der Waals surface area contributed by atoms with Crippen molar-refractivity contribution in [2.45, 2.75) is 0 Å². The van der Waals surface area contributed by atoms with E-state index in [4.69, 9.17) is 25.1 Å². The Morgan fingerprint density at radius 3 is 2.69 bits per heavy atom. The summed E-state index contributed by atoms with van der Waals surface area (Å²) in [6, 6.07) is -0.703. The number of nitrogens with one attached hydrogen (secondary N) is 1. The Kier molecular flexibility index (Phi) is 1.52. The molecular formula is C11H7ClN4. The van der Waals surface area contributed by atoms with Crippen molar-refractivity contribution in [3.05, 3.63) is 47.1 Å². The number of halogens is 1. The summed E-state index contributed by atoms with van der Waals surface area (Å²) in [4.78, 5) is 7.33. The van der Waals surface area contributed by atoms with Gasteiger partial charge in [0.05, 0.1) is 19.9 Å². The lowest BCUT2D eigenvalue weighted by atomic mass is 10.2. The fourth-order valence-electron chi connectivity index (χ4n) is 0.872. The molecular weight excluding hydrogens is 224 g/mol. The Labute approximate surface area is 106 Å². The molecule has 0 unspecified atom stereocenters. The van der Waals surface area contributed by atoms with E-state index in [1.807, 2.05) is 0 Å². The highest BCUT2D eigenvalue weighted by molar-refractivity contribution is 6.29. The SMILES string of the molecule is [2H]c1nc(Nc2c([2H])c([2H])c(C#N)c([2H])c2[2H])nc(Cl)c1[2H]. The van der Waals surface area contributed by atoms with Gasteiger partial charge in [0, 0.05) is 11.9 Å². The minimum atomic E-state index is -0.500. The van der Waals surface area contributed by atoms with Gasteiger partial charge in [-0.15, -0.1) is 0 Å². The van der Waals surface area contributed by atoms with Crippen molar-refractivity contribution < 1.29 is 8.22 Å². The third-order valence-corrected chi connectivity index (χ3v) is 1.68. The molecule has 78 valence electrons. The summed E-state index contributed by atoms with van der Waals surface area (Å²) in [5, 5.41) is 11.0. The van der Waals surface area contributed by atoms with Crippen LogP contribution in [0.2, 0.25) is 5.15 Å². The van der Waals surface area contributed by atoms with Crippen molar-refractivity contribution in [1.82, 2.24) is 9.97 Å². The fourth-order valence-corrected chi connectivity index (χ4v) is 0.994. The lowest BCUT2D eigenvalue weighted by Crippen LogP contribution is -1.96. The smallest absolute Gasteiger partial charge is 0.228 e. The Morgan fingerprint density at radius 2 is 2.06 bits per heavy atom. The molecule has 4 nitrogen and oxygen atoms in total. The third-order valence-electron chi connectivity index (χ3n) is 1.50. The van der Waals surface area contributed by atoms with Gasteiger partial charge in [-0.05, 0) is 30.2 Å². The van der Waals surface area contributed by atoms with Gasteiger partial charge in [0.1, 0.15) is 5.15 Å². The van der Waals surface area contributed by atoms with Crippen molar-refractivity contribution >= 4 is 23.2 Å². The van der Waals surface area contributed by atoms with E-state index >= 15 is 0 Å². The van der Waals surface area contributed by atoms with E-state index in [1.54, 1.807) is 6.07 Å². The topological polar surface area (TPSA) is 61.6 Å². The largest absolute Gasteiger partial charge is 0.324 e. The van der Waals surface area contributed by atoms with Crippen LogP contribution >= 0.6 is 11.6 Å². The zero-order chi connectivity index (χ0) is 16.6. The predicted molar refractivity (Wildman–Crippen MR) is 61.5 cm³/mol. The van der Waals surface area contributed by atoms with Crippen LogP contribution in [0.3, 0.4) is 0 Å². The number of nitriles is 1. The first-order chi connectivity index (χ1) is 10.3. The van der Waals surface area contributed by atoms with E-state index in [-0.39, 0.29) is 28.4 Å². The van der Waals surface area contributed by atoms with Crippen LogP contribution in [0.1, 0.15) is 13.8 Å². The van der Waals surface area contributed by atoms with Crippen LogP contribution in [0.25, 0.3) is 0 Å². The molecule has 2 aromatic rings. The summed E-state index contributed by atoms with van der Waals surface area (Å²) in [5.74, 6) is -0.239. The number of rotatable bonds is 2. The van der Waals surface area contributed by atoms with E-state index in [0.717, 1.165) is 0 Å². The number of nitrogens with zero attached hydrogens (tertiary/aromatic N) is 3. The fraction of sp³-hybridized carbons (Fsp3) is 0. The van der Waals surface area contributed by atoms with Crippen LogP contribution in [-0.4, -0.2) is 9.97 Å². The Balaban J connectivity index is 2.58. The molecule has 0 radical (unpaired) electrons. The van der Waals surface area contributed by atoms with E-state index in [1.165, 1.54) is 0 Å². The minimum Gasteiger partial charge on any atom is -0.324 e. The quantitative estimate of drug-likeness (QED) is 0.815. The molecule has 0 fully saturated rings. The molecule has 0 spiro atoms. The molecule has 16 heavy (non-hydrogen) atoms. The predicted octanol–water partition coefficient (Wildman–Crippen LogP) is 2.75. The third kappa shape index (κ3) is 2.47. The molecule has 0 saturated heterocycles. The Hall–Kier alpha value is -2.12. The molecule has 0 amide bonds. The minimum absolute atomic E-state index is 0.239. The van der Waals surface area contributed by atoms with Crippen LogP contribution < -0.4 is 5.32 Å². The second-order valence-electron chi connectivity index (χ2n) is 2.56. The maximum absolute atomic E-state index is 8.87. The maximum Gasteiger partial charge on any atom is 0.228 e. The second kappa shape index (κ2) is 4.60. The molecule has 1 aromatic carbocycles. The summed E-state index contributed by atoms with van der Waals surface area (Å²) in [6.07, 6.45) is -0.452. The molecule has 1 N–H and O–H groups in total. The lowest BCUT2D eigenvalue weighted by molar-refractivity contribution is 1.17. The number of aromatic nitrogens is 2. The highest BCUT2D eigenvalue weighted by Crippen LogP contribution is 2.14. The first-order valence-corrected chi connectivity index (χ1v) is 4.43. The van der Waals surface area contributed by atoms with E-state index in [2.05, 4.69) is 15.3 Å². The van der Waals surface area contributed by atoms with Gasteiger partial charge in [-0.1, -0.05) is 11.6 Å². The standard InChI is InChI=1S/C11H7ClN4/c12-10-5-6-14-11(16-10)15-9-3-1-8(7-13)2-4-9/h1-6H,(H,14,15,16)/i1D,2D,3D,4D,5D,6D. The van der Waals surface area contributed by atoms with Crippen LogP contribution in [-0.2, 0) is 0 Å². The molecule has 0 aliphatic rings. The average molecular weight is 237 g/mol. The lowest BCUT2D eigenvalue weighted by Gasteiger charge is -2.03. The van der Waals surface area contributed by atoms with E-state index in [9.17, 15) is 0 Å². The van der Waals surface area contributed by atoms with Gasteiger partial charge in [0.15, 0.2) is 0 Å². The Morgan fingerprint density at radius 1 is 1.31 bits per heavy atom. The molecule has 0 atom stereocenters. The zero-order valence-corrected chi connectivity index (χ0v) is 8.48. The summed E-state index contributed by atoms with van der Waals surface area (Å²) in [5.41, 5.74) is -0.621. The molecule has 0 aliphatic carbocycles. The van der Waals surface area contributed by atoms with Crippen LogP contribution in [0.5, 0.6) is 0 Å². The number of anilines is 2. The Bertz CT molecular complexity index is 767. The molecule has 0 bridgehead atoms. The molecule has 1 aromatic heterocycles. The first kappa shape index (κ1) is 5.28. The number of hydrogen-bond donors (Lipinski definition) is 1. The molecule has 1 heterocycles. The monoisotopic (exact) mass is 236 g/mol. The summed E-state index contributed by atoms with van der Waals surface area (Å²) in [6.45, 7) is 0.